The summed E-state index contributed by atoms with van der Waals surface area (Å²) in [4.78, 5) is 26.8. The minimum absolute atomic E-state index is 0.0919. The van der Waals surface area contributed by atoms with Gasteiger partial charge in [0, 0.05) is 23.4 Å². The van der Waals surface area contributed by atoms with Crippen LogP contribution in [0.4, 0.5) is 11.4 Å². The Bertz CT molecular complexity index is 1440. The van der Waals surface area contributed by atoms with Gasteiger partial charge in [0.05, 0.1) is 17.7 Å². The number of carboxylic acids is 1. The first-order valence-electron chi connectivity index (χ1n) is 11.4. The molecule has 0 saturated carbocycles. The molecule has 1 amide bonds. The van der Waals surface area contributed by atoms with Crippen LogP contribution in [0.5, 0.6) is 5.75 Å². The molecule has 4 rings (SSSR count). The minimum atomic E-state index is -4.22. The number of carbonyl (C=O) groups is 2. The van der Waals surface area contributed by atoms with Gasteiger partial charge in [-0.2, -0.15) is 0 Å². The molecule has 36 heavy (non-hydrogen) atoms. The second kappa shape index (κ2) is 9.66. The zero-order valence-electron chi connectivity index (χ0n) is 20.6. The molecule has 1 aliphatic heterocycles. The van der Waals surface area contributed by atoms with Crippen molar-refractivity contribution < 1.29 is 27.9 Å². The minimum Gasteiger partial charge on any atom is -0.497 e. The maximum Gasteiger partial charge on any atom is 0.324 e. The fraction of sp³-hybridized carbons (Fsp3) is 0.259. The van der Waals surface area contributed by atoms with Crippen molar-refractivity contribution in [2.24, 2.45) is 0 Å². The summed E-state index contributed by atoms with van der Waals surface area (Å²) in [5.74, 6) is -0.972. The van der Waals surface area contributed by atoms with Crippen molar-refractivity contribution >= 4 is 33.3 Å². The first-order chi connectivity index (χ1) is 17.0. The van der Waals surface area contributed by atoms with Crippen LogP contribution in [0, 0.1) is 20.8 Å². The highest BCUT2D eigenvalue weighted by atomic mass is 32.2. The van der Waals surface area contributed by atoms with Crippen LogP contribution >= 0.6 is 0 Å². The van der Waals surface area contributed by atoms with Gasteiger partial charge in [0.25, 0.3) is 15.9 Å². The zero-order valence-corrected chi connectivity index (χ0v) is 21.4. The summed E-state index contributed by atoms with van der Waals surface area (Å²) in [7, 11) is -2.69. The van der Waals surface area contributed by atoms with Gasteiger partial charge in [-0.3, -0.25) is 13.9 Å². The highest BCUT2D eigenvalue weighted by Crippen LogP contribution is 2.39. The Morgan fingerprint density at radius 1 is 1.03 bits per heavy atom. The molecule has 0 radical (unpaired) electrons. The number of carbonyl (C=O) groups excluding carboxylic acids is 1. The summed E-state index contributed by atoms with van der Waals surface area (Å²) in [6.07, 6.45) is 0.388. The maximum atomic E-state index is 13.9. The largest absolute Gasteiger partial charge is 0.497 e. The van der Waals surface area contributed by atoms with Crippen molar-refractivity contribution in [3.8, 4) is 5.75 Å². The number of ether oxygens (including phenoxy) is 1. The van der Waals surface area contributed by atoms with Crippen LogP contribution in [0.25, 0.3) is 0 Å². The topological polar surface area (TPSA) is 104 Å². The van der Waals surface area contributed by atoms with Gasteiger partial charge in [-0.1, -0.05) is 29.8 Å². The van der Waals surface area contributed by atoms with Crippen LogP contribution in [0.15, 0.2) is 59.5 Å². The van der Waals surface area contributed by atoms with Crippen LogP contribution in [0.1, 0.15) is 32.6 Å². The average Bonchev–Trinajstić information content (AvgIpc) is 3.25. The van der Waals surface area contributed by atoms with E-state index in [1.54, 1.807) is 73.3 Å². The van der Waals surface area contributed by atoms with Crippen molar-refractivity contribution in [3.05, 3.63) is 82.4 Å². The second-order valence-corrected chi connectivity index (χ2v) is 10.6. The molecule has 9 heteroatoms. The van der Waals surface area contributed by atoms with E-state index in [4.69, 9.17) is 4.74 Å². The van der Waals surface area contributed by atoms with Crippen LogP contribution in [0.3, 0.4) is 0 Å². The quantitative estimate of drug-likeness (QED) is 0.515. The molecule has 3 aromatic carbocycles. The van der Waals surface area contributed by atoms with Gasteiger partial charge in [0.15, 0.2) is 0 Å². The van der Waals surface area contributed by atoms with Gasteiger partial charge in [-0.05, 0) is 68.7 Å². The Hall–Kier alpha value is -3.85. The number of fused-ring (bicyclic) bond motifs is 1. The summed E-state index contributed by atoms with van der Waals surface area (Å²) in [6.45, 7) is 4.89. The summed E-state index contributed by atoms with van der Waals surface area (Å²) in [5.41, 5.74) is 3.88. The van der Waals surface area contributed by atoms with Crippen LogP contribution < -0.4 is 13.9 Å². The Kier molecular flexibility index (Phi) is 6.77. The molecular weight excluding hydrogens is 480 g/mol. The van der Waals surface area contributed by atoms with Gasteiger partial charge in [-0.15, -0.1) is 0 Å². The molecule has 188 valence electrons. The van der Waals surface area contributed by atoms with Gasteiger partial charge in [-0.25, -0.2) is 8.42 Å². The number of carboxylic acid groups (broad SMARTS) is 1. The Balaban J connectivity index is 1.81. The monoisotopic (exact) mass is 508 g/mol. The van der Waals surface area contributed by atoms with Crippen LogP contribution in [-0.2, 0) is 21.2 Å². The third-order valence-electron chi connectivity index (χ3n) is 6.26. The second-order valence-electron chi connectivity index (χ2n) is 8.85. The van der Waals surface area contributed by atoms with E-state index in [9.17, 15) is 23.1 Å². The maximum absolute atomic E-state index is 13.9. The van der Waals surface area contributed by atoms with Gasteiger partial charge >= 0.3 is 5.97 Å². The Labute approximate surface area is 210 Å². The molecule has 1 aliphatic rings. The van der Waals surface area contributed by atoms with E-state index in [1.807, 2.05) is 6.92 Å². The van der Waals surface area contributed by atoms with E-state index in [0.29, 0.717) is 46.7 Å². The number of aliphatic carboxylic acids is 1. The SMILES string of the molecule is COc1cccc(C(=O)N2CCc3c2cccc3N(CC(=O)O)S(=O)(=O)c2c(C)cc(C)cc2C)c1. The molecule has 8 nitrogen and oxygen atoms in total. The average molecular weight is 509 g/mol. The smallest absolute Gasteiger partial charge is 0.324 e. The third-order valence-corrected chi connectivity index (χ3v) is 8.33. The number of amides is 1. The number of hydrogen-bond donors (Lipinski definition) is 1. The van der Waals surface area contributed by atoms with E-state index >= 15 is 0 Å². The van der Waals surface area contributed by atoms with Crippen molar-refractivity contribution in [3.63, 3.8) is 0 Å². The number of nitrogens with zero attached hydrogens (tertiary/aromatic N) is 2. The predicted molar refractivity (Wildman–Crippen MR) is 138 cm³/mol. The van der Waals surface area contributed by atoms with Crippen molar-refractivity contribution in [2.45, 2.75) is 32.1 Å². The molecule has 0 aliphatic carbocycles. The molecule has 3 aromatic rings. The van der Waals surface area contributed by atoms with Gasteiger partial charge in [0.2, 0.25) is 0 Å². The number of anilines is 2. The van der Waals surface area contributed by atoms with Crippen LogP contribution in [-0.4, -0.2) is 45.6 Å². The number of sulfonamides is 1. The number of rotatable bonds is 7. The number of methoxy groups -OCH3 is 1. The highest BCUT2D eigenvalue weighted by molar-refractivity contribution is 7.93. The van der Waals surface area contributed by atoms with Gasteiger partial charge in [0.1, 0.15) is 12.3 Å². The molecule has 0 fully saturated rings. The molecule has 0 unspecified atom stereocenters. The molecule has 0 atom stereocenters. The summed E-state index contributed by atoms with van der Waals surface area (Å²) in [5, 5.41) is 9.64. The summed E-state index contributed by atoms with van der Waals surface area (Å²) >= 11 is 0. The molecule has 0 saturated heterocycles. The van der Waals surface area contributed by atoms with Crippen LogP contribution in [0.2, 0.25) is 0 Å². The Morgan fingerprint density at radius 3 is 2.33 bits per heavy atom. The lowest BCUT2D eigenvalue weighted by Crippen LogP contribution is -2.37. The lowest BCUT2D eigenvalue weighted by Gasteiger charge is -2.27. The fourth-order valence-electron chi connectivity index (χ4n) is 4.88. The fourth-order valence-corrected chi connectivity index (χ4v) is 6.74. The third kappa shape index (κ3) is 4.54. The standard InChI is InChI=1S/C27H28N2O6S/c1-17-13-18(2)26(19(3)14-17)36(33,34)29(16-25(30)31)24-10-6-9-23-22(24)11-12-28(23)27(32)20-7-5-8-21(15-20)35-4/h5-10,13-15H,11-12,16H2,1-4H3,(H,30,31). The van der Waals surface area contributed by atoms with Crippen molar-refractivity contribution in [2.75, 3.05) is 29.4 Å². The molecule has 1 N–H and O–H groups in total. The zero-order chi connectivity index (χ0) is 26.2. The number of benzene rings is 3. The van der Waals surface area contributed by atoms with E-state index in [2.05, 4.69) is 0 Å². The summed E-state index contributed by atoms with van der Waals surface area (Å²) in [6, 6.07) is 15.3. The molecule has 0 spiro atoms. The molecule has 0 bridgehead atoms. The van der Waals surface area contributed by atoms with Gasteiger partial charge < -0.3 is 14.7 Å². The Morgan fingerprint density at radius 2 is 1.69 bits per heavy atom. The van der Waals surface area contributed by atoms with E-state index in [1.165, 1.54) is 7.11 Å². The lowest BCUT2D eigenvalue weighted by atomic mass is 10.1. The van der Waals surface area contributed by atoms with E-state index in [0.717, 1.165) is 9.87 Å². The van der Waals surface area contributed by atoms with Crippen molar-refractivity contribution in [1.29, 1.82) is 0 Å². The number of hydrogen-bond acceptors (Lipinski definition) is 5. The number of aryl methyl sites for hydroxylation is 3. The molecule has 1 heterocycles. The van der Waals surface area contributed by atoms with E-state index in [-0.39, 0.29) is 16.5 Å². The molecular formula is C27H28N2O6S. The van der Waals surface area contributed by atoms with E-state index < -0.39 is 22.5 Å². The first-order valence-corrected chi connectivity index (χ1v) is 12.9. The molecule has 0 aromatic heterocycles. The normalized spacial score (nSPS) is 12.8. The van der Waals surface area contributed by atoms with Crippen molar-refractivity contribution in [1.82, 2.24) is 0 Å². The predicted octanol–water partition coefficient (Wildman–Crippen LogP) is 4.10. The first kappa shape index (κ1) is 25.2. The summed E-state index contributed by atoms with van der Waals surface area (Å²) < 4.78 is 34.0. The lowest BCUT2D eigenvalue weighted by molar-refractivity contribution is -0.135. The highest BCUT2D eigenvalue weighted by Gasteiger charge is 2.35.